The van der Waals surface area contributed by atoms with Crippen LogP contribution in [0.15, 0.2) is 30.3 Å². The molecule has 1 aromatic rings. The summed E-state index contributed by atoms with van der Waals surface area (Å²) in [6, 6.07) is 9.27. The molecule has 0 aliphatic carbocycles. The Kier molecular flexibility index (Phi) is 7.07. The van der Waals surface area contributed by atoms with Gasteiger partial charge in [0.2, 0.25) is 0 Å². The van der Waals surface area contributed by atoms with E-state index in [2.05, 4.69) is 6.92 Å². The van der Waals surface area contributed by atoms with Crippen LogP contribution >= 0.6 is 0 Å². The maximum absolute atomic E-state index is 12.8. The second-order valence-corrected chi connectivity index (χ2v) is 8.29. The van der Waals surface area contributed by atoms with Gasteiger partial charge in [0.1, 0.15) is 5.60 Å². The number of nitrogens with two attached hydrogens (primary N) is 1. The number of nitrogens with zero attached hydrogens (tertiary/aromatic N) is 1. The summed E-state index contributed by atoms with van der Waals surface area (Å²) in [5.74, 6) is 0. The molecule has 3 unspecified atom stereocenters. The van der Waals surface area contributed by atoms with Crippen molar-refractivity contribution in [3.05, 3.63) is 35.9 Å². The van der Waals surface area contributed by atoms with Crippen LogP contribution in [-0.4, -0.2) is 45.9 Å². The summed E-state index contributed by atoms with van der Waals surface area (Å²) >= 11 is 0. The van der Waals surface area contributed by atoms with Gasteiger partial charge in [0.05, 0.1) is 12.1 Å². The minimum absolute atomic E-state index is 0.0853. The van der Waals surface area contributed by atoms with Crippen LogP contribution in [0.5, 0.6) is 0 Å². The van der Waals surface area contributed by atoms with E-state index in [0.29, 0.717) is 6.42 Å². The predicted octanol–water partition coefficient (Wildman–Crippen LogP) is 3.49. The number of amides is 1. The fourth-order valence-corrected chi connectivity index (χ4v) is 3.74. The van der Waals surface area contributed by atoms with E-state index in [1.54, 1.807) is 4.90 Å². The van der Waals surface area contributed by atoms with Crippen LogP contribution < -0.4 is 5.73 Å². The first-order valence-electron chi connectivity index (χ1n) is 9.71. The second kappa shape index (κ2) is 8.87. The molecular formula is C21H34N2O3. The normalized spacial score (nSPS) is 23.4. The van der Waals surface area contributed by atoms with E-state index in [0.717, 1.165) is 31.2 Å². The van der Waals surface area contributed by atoms with E-state index < -0.39 is 17.7 Å². The molecule has 4 atom stereocenters. The molecule has 0 spiro atoms. The molecule has 1 aliphatic heterocycles. The summed E-state index contributed by atoms with van der Waals surface area (Å²) in [6.45, 7) is 7.66. The lowest BCUT2D eigenvalue weighted by Gasteiger charge is -2.45. The summed E-state index contributed by atoms with van der Waals surface area (Å²) in [5.41, 5.74) is 6.86. The number of piperidine rings is 1. The molecule has 2 rings (SSSR count). The highest BCUT2D eigenvalue weighted by Gasteiger charge is 2.41. The molecule has 5 heteroatoms. The maximum Gasteiger partial charge on any atom is 0.410 e. The quantitative estimate of drug-likeness (QED) is 0.841. The molecule has 1 amide bonds. The van der Waals surface area contributed by atoms with Crippen LogP contribution in [0, 0.1) is 0 Å². The first-order chi connectivity index (χ1) is 12.2. The van der Waals surface area contributed by atoms with Gasteiger partial charge in [0.25, 0.3) is 0 Å². The number of benzene rings is 1. The van der Waals surface area contributed by atoms with Crippen LogP contribution in [0.1, 0.15) is 58.9 Å². The first-order valence-corrected chi connectivity index (χ1v) is 9.71. The molecule has 3 N–H and O–H groups in total. The van der Waals surface area contributed by atoms with Crippen LogP contribution in [0.25, 0.3) is 0 Å². The zero-order valence-corrected chi connectivity index (χ0v) is 16.5. The van der Waals surface area contributed by atoms with E-state index in [4.69, 9.17) is 10.5 Å². The van der Waals surface area contributed by atoms with Crippen LogP contribution in [0.2, 0.25) is 0 Å². The lowest BCUT2D eigenvalue weighted by molar-refractivity contribution is -0.0403. The number of carbonyl (C=O) groups is 1. The minimum atomic E-state index is -0.780. The fourth-order valence-electron chi connectivity index (χ4n) is 3.74. The molecule has 146 valence electrons. The molecule has 0 saturated carbocycles. The number of hydrogen-bond acceptors (Lipinski definition) is 4. The van der Waals surface area contributed by atoms with Crippen LogP contribution in [0.3, 0.4) is 0 Å². The van der Waals surface area contributed by atoms with Gasteiger partial charge in [-0.25, -0.2) is 4.79 Å². The molecule has 0 radical (unpaired) electrons. The highest BCUT2D eigenvalue weighted by atomic mass is 16.6. The van der Waals surface area contributed by atoms with Gasteiger partial charge >= 0.3 is 6.09 Å². The monoisotopic (exact) mass is 362 g/mol. The van der Waals surface area contributed by atoms with Crippen molar-refractivity contribution in [1.82, 2.24) is 4.90 Å². The third-order valence-electron chi connectivity index (χ3n) is 5.01. The van der Waals surface area contributed by atoms with Crippen molar-refractivity contribution in [2.75, 3.05) is 0 Å². The van der Waals surface area contributed by atoms with Crippen molar-refractivity contribution in [1.29, 1.82) is 0 Å². The largest absolute Gasteiger partial charge is 0.444 e. The molecule has 1 saturated heterocycles. The van der Waals surface area contributed by atoms with Gasteiger partial charge in [-0.05, 0) is 58.4 Å². The molecule has 1 fully saturated rings. The first kappa shape index (κ1) is 20.7. The van der Waals surface area contributed by atoms with Gasteiger partial charge in [0, 0.05) is 12.1 Å². The number of aliphatic hydroxyl groups is 1. The third-order valence-corrected chi connectivity index (χ3v) is 5.01. The van der Waals surface area contributed by atoms with E-state index in [9.17, 15) is 9.90 Å². The summed E-state index contributed by atoms with van der Waals surface area (Å²) in [5, 5.41) is 11.0. The van der Waals surface area contributed by atoms with E-state index >= 15 is 0 Å². The maximum atomic E-state index is 12.8. The smallest absolute Gasteiger partial charge is 0.410 e. The third kappa shape index (κ3) is 5.45. The average molecular weight is 363 g/mol. The lowest BCUT2D eigenvalue weighted by Crippen LogP contribution is -2.59. The lowest BCUT2D eigenvalue weighted by atomic mass is 9.87. The topological polar surface area (TPSA) is 75.8 Å². The Hall–Kier alpha value is -1.59. The highest BCUT2D eigenvalue weighted by Crippen LogP contribution is 2.30. The summed E-state index contributed by atoms with van der Waals surface area (Å²) in [6.07, 6.45) is 2.97. The minimum Gasteiger partial charge on any atom is -0.444 e. The summed E-state index contributed by atoms with van der Waals surface area (Å²) in [7, 11) is 0. The van der Waals surface area contributed by atoms with Gasteiger partial charge in [-0.1, -0.05) is 37.3 Å². The molecule has 1 heterocycles. The Morgan fingerprint density at radius 3 is 2.54 bits per heavy atom. The van der Waals surface area contributed by atoms with E-state index in [1.807, 2.05) is 51.1 Å². The van der Waals surface area contributed by atoms with Crippen LogP contribution in [-0.2, 0) is 11.2 Å². The SMILES string of the molecule is CCC1CCCC(C(O)[C@@H](N)Cc2ccccc2)N1C(=O)OC(C)(C)C. The Bertz CT molecular complexity index is 570. The zero-order chi connectivity index (χ0) is 19.3. The Morgan fingerprint density at radius 1 is 1.31 bits per heavy atom. The summed E-state index contributed by atoms with van der Waals surface area (Å²) in [4.78, 5) is 14.6. The van der Waals surface area contributed by atoms with Crippen molar-refractivity contribution in [3.63, 3.8) is 0 Å². The van der Waals surface area contributed by atoms with Gasteiger partial charge in [-0.2, -0.15) is 0 Å². The van der Waals surface area contributed by atoms with E-state index in [-0.39, 0.29) is 18.2 Å². The fraction of sp³-hybridized carbons (Fsp3) is 0.667. The molecule has 1 aromatic carbocycles. The van der Waals surface area contributed by atoms with Crippen LogP contribution in [0.4, 0.5) is 4.79 Å². The summed E-state index contributed by atoms with van der Waals surface area (Å²) < 4.78 is 5.62. The second-order valence-electron chi connectivity index (χ2n) is 8.29. The average Bonchev–Trinajstić information content (AvgIpc) is 2.59. The molecule has 0 aromatic heterocycles. The van der Waals surface area contributed by atoms with Crippen molar-refractivity contribution in [2.24, 2.45) is 5.73 Å². The molecule has 26 heavy (non-hydrogen) atoms. The van der Waals surface area contributed by atoms with Gasteiger partial charge in [-0.15, -0.1) is 0 Å². The Balaban J connectivity index is 2.15. The van der Waals surface area contributed by atoms with Gasteiger partial charge in [-0.3, -0.25) is 4.90 Å². The Labute approximate surface area is 157 Å². The van der Waals surface area contributed by atoms with E-state index in [1.165, 1.54) is 0 Å². The molecule has 0 bridgehead atoms. The molecule has 5 nitrogen and oxygen atoms in total. The molecule has 1 aliphatic rings. The highest BCUT2D eigenvalue weighted by molar-refractivity contribution is 5.69. The van der Waals surface area contributed by atoms with Crippen molar-refractivity contribution < 1.29 is 14.6 Å². The van der Waals surface area contributed by atoms with Gasteiger partial charge < -0.3 is 15.6 Å². The number of carbonyl (C=O) groups excluding carboxylic acids is 1. The molecular weight excluding hydrogens is 328 g/mol. The van der Waals surface area contributed by atoms with Crippen molar-refractivity contribution in [3.8, 4) is 0 Å². The standard InChI is InChI=1S/C21H34N2O3/c1-5-16-12-9-13-18(23(16)20(25)26-21(2,3)4)19(24)17(22)14-15-10-7-6-8-11-15/h6-8,10-11,16-19,24H,5,9,12-14,22H2,1-4H3/t16?,17-,18?,19?/m0/s1. The number of likely N-dealkylation sites (tertiary alicyclic amines) is 1. The van der Waals surface area contributed by atoms with Crippen molar-refractivity contribution >= 4 is 6.09 Å². The number of ether oxygens (including phenoxy) is 1. The Morgan fingerprint density at radius 2 is 1.96 bits per heavy atom. The number of rotatable bonds is 5. The number of hydrogen-bond donors (Lipinski definition) is 2. The predicted molar refractivity (Wildman–Crippen MR) is 104 cm³/mol. The number of aliphatic hydroxyl groups excluding tert-OH is 1. The van der Waals surface area contributed by atoms with Crippen molar-refractivity contribution in [2.45, 2.75) is 89.6 Å². The van der Waals surface area contributed by atoms with Gasteiger partial charge in [0.15, 0.2) is 0 Å². The zero-order valence-electron chi connectivity index (χ0n) is 16.5.